The maximum absolute atomic E-state index is 9.83. The Hall–Kier alpha value is -1.52. The SMILES string of the molecule is Oc1ccc(SCc2cscn2)c2ccccc12. The van der Waals surface area contributed by atoms with Crippen molar-refractivity contribution in [1.82, 2.24) is 4.98 Å². The van der Waals surface area contributed by atoms with Crippen molar-refractivity contribution in [3.63, 3.8) is 0 Å². The van der Waals surface area contributed by atoms with Crippen LogP contribution >= 0.6 is 23.1 Å². The molecule has 3 aromatic rings. The van der Waals surface area contributed by atoms with Gasteiger partial charge < -0.3 is 5.11 Å². The number of rotatable bonds is 3. The van der Waals surface area contributed by atoms with Crippen LogP contribution in [-0.2, 0) is 5.75 Å². The number of aromatic hydroxyl groups is 1. The molecule has 0 unspecified atom stereocenters. The van der Waals surface area contributed by atoms with Crippen molar-refractivity contribution in [2.45, 2.75) is 10.6 Å². The molecular formula is C14H11NOS2. The predicted molar refractivity (Wildman–Crippen MR) is 77.3 cm³/mol. The van der Waals surface area contributed by atoms with Crippen molar-refractivity contribution in [2.75, 3.05) is 0 Å². The Kier molecular flexibility index (Phi) is 3.21. The minimum absolute atomic E-state index is 0.337. The first-order valence-corrected chi connectivity index (χ1v) is 7.48. The number of aromatic nitrogens is 1. The normalized spacial score (nSPS) is 10.9. The second kappa shape index (κ2) is 5.00. The van der Waals surface area contributed by atoms with E-state index in [1.807, 2.05) is 35.8 Å². The summed E-state index contributed by atoms with van der Waals surface area (Å²) in [5.41, 5.74) is 2.95. The Labute approximate surface area is 113 Å². The second-order valence-corrected chi connectivity index (χ2v) is 5.63. The molecule has 3 rings (SSSR count). The van der Waals surface area contributed by atoms with Crippen LogP contribution in [0.15, 0.2) is 52.2 Å². The molecule has 0 aliphatic rings. The molecule has 0 amide bonds. The van der Waals surface area contributed by atoms with E-state index in [4.69, 9.17) is 0 Å². The second-order valence-electron chi connectivity index (χ2n) is 3.90. The van der Waals surface area contributed by atoms with Gasteiger partial charge >= 0.3 is 0 Å². The van der Waals surface area contributed by atoms with E-state index in [9.17, 15) is 5.11 Å². The third-order valence-corrected chi connectivity index (χ3v) is 4.46. The molecule has 0 aliphatic carbocycles. The van der Waals surface area contributed by atoms with Gasteiger partial charge in [-0.1, -0.05) is 24.3 Å². The number of hydrogen-bond donors (Lipinski definition) is 1. The summed E-state index contributed by atoms with van der Waals surface area (Å²) in [6, 6.07) is 11.6. The Bertz CT molecular complexity index is 665. The number of phenols is 1. The quantitative estimate of drug-likeness (QED) is 0.722. The summed E-state index contributed by atoms with van der Waals surface area (Å²) in [7, 11) is 0. The Morgan fingerprint density at radius 1 is 1.11 bits per heavy atom. The summed E-state index contributed by atoms with van der Waals surface area (Å²) in [6.45, 7) is 0. The minimum Gasteiger partial charge on any atom is -0.507 e. The van der Waals surface area contributed by atoms with E-state index in [0.29, 0.717) is 5.75 Å². The highest BCUT2D eigenvalue weighted by Crippen LogP contribution is 2.34. The zero-order chi connectivity index (χ0) is 12.4. The van der Waals surface area contributed by atoms with Gasteiger partial charge in [0.25, 0.3) is 0 Å². The first kappa shape index (κ1) is 11.6. The van der Waals surface area contributed by atoms with Gasteiger partial charge in [0, 0.05) is 21.4 Å². The molecule has 0 radical (unpaired) electrons. The number of thiazole rings is 1. The lowest BCUT2D eigenvalue weighted by Gasteiger charge is -2.06. The van der Waals surface area contributed by atoms with E-state index >= 15 is 0 Å². The highest BCUT2D eigenvalue weighted by atomic mass is 32.2. The fourth-order valence-corrected chi connectivity index (χ4v) is 3.46. The van der Waals surface area contributed by atoms with Crippen LogP contribution in [0.3, 0.4) is 0 Å². The van der Waals surface area contributed by atoms with Crippen LogP contribution in [0.4, 0.5) is 0 Å². The smallest absolute Gasteiger partial charge is 0.123 e. The van der Waals surface area contributed by atoms with Crippen molar-refractivity contribution in [3.05, 3.63) is 53.0 Å². The summed E-state index contributed by atoms with van der Waals surface area (Å²) >= 11 is 3.37. The molecule has 1 aromatic heterocycles. The maximum atomic E-state index is 9.83. The maximum Gasteiger partial charge on any atom is 0.123 e. The molecule has 2 aromatic carbocycles. The van der Waals surface area contributed by atoms with E-state index in [1.165, 1.54) is 4.90 Å². The van der Waals surface area contributed by atoms with Gasteiger partial charge in [-0.3, -0.25) is 0 Å². The van der Waals surface area contributed by atoms with E-state index in [0.717, 1.165) is 22.2 Å². The zero-order valence-corrected chi connectivity index (χ0v) is 11.2. The zero-order valence-electron chi connectivity index (χ0n) is 9.54. The van der Waals surface area contributed by atoms with Crippen LogP contribution in [0.2, 0.25) is 0 Å². The fraction of sp³-hybridized carbons (Fsp3) is 0.0714. The molecular weight excluding hydrogens is 262 g/mol. The molecule has 1 N–H and O–H groups in total. The highest BCUT2D eigenvalue weighted by molar-refractivity contribution is 7.98. The highest BCUT2D eigenvalue weighted by Gasteiger charge is 2.06. The number of hydrogen-bond acceptors (Lipinski definition) is 4. The minimum atomic E-state index is 0.337. The van der Waals surface area contributed by atoms with Crippen molar-refractivity contribution in [2.24, 2.45) is 0 Å². The first-order valence-electron chi connectivity index (χ1n) is 5.55. The van der Waals surface area contributed by atoms with Crippen LogP contribution in [-0.4, -0.2) is 10.1 Å². The van der Waals surface area contributed by atoms with Crippen LogP contribution in [0.1, 0.15) is 5.69 Å². The first-order chi connectivity index (χ1) is 8.84. The Balaban J connectivity index is 1.94. The molecule has 1 heterocycles. The monoisotopic (exact) mass is 273 g/mol. The van der Waals surface area contributed by atoms with Crippen molar-refractivity contribution < 1.29 is 5.11 Å². The number of thioether (sulfide) groups is 1. The third-order valence-electron chi connectivity index (χ3n) is 2.72. The molecule has 0 saturated carbocycles. The van der Waals surface area contributed by atoms with Crippen molar-refractivity contribution >= 4 is 33.9 Å². The van der Waals surface area contributed by atoms with Gasteiger partial charge in [0.1, 0.15) is 5.75 Å². The fourth-order valence-electron chi connectivity index (χ4n) is 1.84. The Morgan fingerprint density at radius 2 is 1.94 bits per heavy atom. The van der Waals surface area contributed by atoms with E-state index in [2.05, 4.69) is 10.4 Å². The van der Waals surface area contributed by atoms with Gasteiger partial charge in [-0.25, -0.2) is 4.98 Å². The largest absolute Gasteiger partial charge is 0.507 e. The number of phenolic OH excluding ortho intramolecular Hbond substituents is 1. The topological polar surface area (TPSA) is 33.1 Å². The standard InChI is InChI=1S/C14H11NOS2/c16-13-5-6-14(12-4-2-1-3-11(12)13)18-8-10-7-17-9-15-10/h1-7,9,16H,8H2. The van der Waals surface area contributed by atoms with Gasteiger partial charge in [-0.15, -0.1) is 23.1 Å². The van der Waals surface area contributed by atoms with Crippen molar-refractivity contribution in [3.8, 4) is 5.75 Å². The molecule has 0 aliphatic heterocycles. The van der Waals surface area contributed by atoms with E-state index in [-0.39, 0.29) is 0 Å². The molecule has 0 saturated heterocycles. The number of fused-ring (bicyclic) bond motifs is 1. The summed E-state index contributed by atoms with van der Waals surface area (Å²) in [4.78, 5) is 5.45. The molecule has 0 spiro atoms. The molecule has 0 fully saturated rings. The van der Waals surface area contributed by atoms with Gasteiger partial charge in [0.15, 0.2) is 0 Å². The van der Waals surface area contributed by atoms with Gasteiger partial charge in [-0.2, -0.15) is 0 Å². The van der Waals surface area contributed by atoms with E-state index in [1.54, 1.807) is 29.2 Å². The lowest BCUT2D eigenvalue weighted by atomic mass is 10.1. The van der Waals surface area contributed by atoms with Gasteiger partial charge in [0.05, 0.1) is 11.2 Å². The van der Waals surface area contributed by atoms with Gasteiger partial charge in [-0.05, 0) is 17.5 Å². The van der Waals surface area contributed by atoms with Crippen molar-refractivity contribution in [1.29, 1.82) is 0 Å². The van der Waals surface area contributed by atoms with Crippen LogP contribution in [0.5, 0.6) is 5.75 Å². The number of benzene rings is 2. The van der Waals surface area contributed by atoms with Crippen LogP contribution < -0.4 is 0 Å². The summed E-state index contributed by atoms with van der Waals surface area (Å²) in [6.07, 6.45) is 0. The lowest BCUT2D eigenvalue weighted by molar-refractivity contribution is 0.481. The molecule has 90 valence electrons. The lowest BCUT2D eigenvalue weighted by Crippen LogP contribution is -1.82. The van der Waals surface area contributed by atoms with Crippen LogP contribution in [0, 0.1) is 0 Å². The summed E-state index contributed by atoms with van der Waals surface area (Å²) in [5.74, 6) is 1.20. The average Bonchev–Trinajstić information content (AvgIpc) is 2.92. The van der Waals surface area contributed by atoms with Gasteiger partial charge in [0.2, 0.25) is 0 Å². The summed E-state index contributed by atoms with van der Waals surface area (Å²) < 4.78 is 0. The molecule has 0 bridgehead atoms. The summed E-state index contributed by atoms with van der Waals surface area (Å²) in [5, 5.41) is 13.9. The van der Waals surface area contributed by atoms with Crippen LogP contribution in [0.25, 0.3) is 10.8 Å². The Morgan fingerprint density at radius 3 is 2.72 bits per heavy atom. The third kappa shape index (κ3) is 2.21. The number of nitrogens with zero attached hydrogens (tertiary/aromatic N) is 1. The molecule has 0 atom stereocenters. The predicted octanol–water partition coefficient (Wildman–Crippen LogP) is 4.29. The average molecular weight is 273 g/mol. The molecule has 18 heavy (non-hydrogen) atoms. The molecule has 4 heteroatoms. The molecule has 2 nitrogen and oxygen atoms in total. The van der Waals surface area contributed by atoms with E-state index < -0.39 is 0 Å².